The summed E-state index contributed by atoms with van der Waals surface area (Å²) >= 11 is 0. The van der Waals surface area contributed by atoms with E-state index >= 15 is 0 Å². The van der Waals surface area contributed by atoms with Crippen molar-refractivity contribution < 1.29 is 14.6 Å². The summed E-state index contributed by atoms with van der Waals surface area (Å²) in [6.45, 7) is 7.03. The molecule has 3 atom stereocenters. The van der Waals surface area contributed by atoms with Crippen LogP contribution < -0.4 is 0 Å². The first-order valence-corrected chi connectivity index (χ1v) is 6.03. The Balaban J connectivity index is 1.88. The number of nitrogens with zero attached hydrogens (tertiary/aromatic N) is 1. The van der Waals surface area contributed by atoms with Crippen molar-refractivity contribution in [3.63, 3.8) is 0 Å². The van der Waals surface area contributed by atoms with Crippen LogP contribution >= 0.6 is 0 Å². The third kappa shape index (κ3) is 2.32. The number of fused-ring (bicyclic) bond motifs is 1. The fourth-order valence-electron chi connectivity index (χ4n) is 2.54. The number of carbonyl (C=O) groups excluding carboxylic acids is 1. The summed E-state index contributed by atoms with van der Waals surface area (Å²) in [6, 6.07) is 0. The van der Waals surface area contributed by atoms with E-state index in [0.717, 1.165) is 19.4 Å². The molecule has 2 rings (SSSR count). The van der Waals surface area contributed by atoms with Crippen LogP contribution in [0.3, 0.4) is 0 Å². The first kappa shape index (κ1) is 11.7. The number of hydrogen-bond donors (Lipinski definition) is 1. The lowest BCUT2D eigenvalue weighted by atomic mass is 9.67. The van der Waals surface area contributed by atoms with Crippen molar-refractivity contribution in [1.29, 1.82) is 0 Å². The molecule has 1 saturated heterocycles. The molecule has 4 heteroatoms. The van der Waals surface area contributed by atoms with Gasteiger partial charge in [0.15, 0.2) is 0 Å². The van der Waals surface area contributed by atoms with Crippen LogP contribution in [-0.2, 0) is 4.74 Å². The van der Waals surface area contributed by atoms with Gasteiger partial charge in [0.1, 0.15) is 5.60 Å². The van der Waals surface area contributed by atoms with Crippen LogP contribution in [0.25, 0.3) is 0 Å². The summed E-state index contributed by atoms with van der Waals surface area (Å²) < 4.78 is 5.33. The van der Waals surface area contributed by atoms with E-state index in [1.165, 1.54) is 0 Å². The van der Waals surface area contributed by atoms with E-state index < -0.39 is 5.60 Å². The fourth-order valence-corrected chi connectivity index (χ4v) is 2.54. The normalized spacial score (nSPS) is 34.0. The maximum absolute atomic E-state index is 11.8. The van der Waals surface area contributed by atoms with Crippen LogP contribution in [0.4, 0.5) is 4.79 Å². The third-order valence-electron chi connectivity index (χ3n) is 3.50. The Morgan fingerprint density at radius 3 is 2.69 bits per heavy atom. The lowest BCUT2D eigenvalue weighted by Crippen LogP contribution is -2.55. The Bertz CT molecular complexity index is 284. The molecule has 0 aromatic carbocycles. The number of amides is 1. The van der Waals surface area contributed by atoms with Gasteiger partial charge in [0.2, 0.25) is 0 Å². The maximum atomic E-state index is 11.8. The Hall–Kier alpha value is -0.770. The number of rotatable bonds is 0. The minimum Gasteiger partial charge on any atom is -0.444 e. The van der Waals surface area contributed by atoms with Gasteiger partial charge in [-0.3, -0.25) is 0 Å². The van der Waals surface area contributed by atoms with E-state index in [4.69, 9.17) is 4.74 Å². The molecule has 0 bridgehead atoms. The topological polar surface area (TPSA) is 49.8 Å². The van der Waals surface area contributed by atoms with Crippen LogP contribution in [0, 0.1) is 11.8 Å². The molecular weight excluding hydrogens is 206 g/mol. The van der Waals surface area contributed by atoms with Crippen LogP contribution in [-0.4, -0.2) is 40.9 Å². The maximum Gasteiger partial charge on any atom is 0.410 e. The zero-order valence-electron chi connectivity index (χ0n) is 10.3. The quantitative estimate of drug-likeness (QED) is 0.684. The molecule has 16 heavy (non-hydrogen) atoms. The molecule has 3 unspecified atom stereocenters. The number of carbonyl (C=O) groups is 1. The zero-order chi connectivity index (χ0) is 11.9. The van der Waals surface area contributed by atoms with Gasteiger partial charge >= 0.3 is 6.09 Å². The van der Waals surface area contributed by atoms with Crippen LogP contribution in [0.1, 0.15) is 33.6 Å². The molecule has 1 saturated carbocycles. The fraction of sp³-hybridized carbons (Fsp3) is 0.917. The number of aliphatic hydroxyl groups excluding tert-OH is 1. The Morgan fingerprint density at radius 2 is 2.12 bits per heavy atom. The number of hydrogen-bond acceptors (Lipinski definition) is 3. The van der Waals surface area contributed by atoms with Crippen LogP contribution in [0.2, 0.25) is 0 Å². The largest absolute Gasteiger partial charge is 0.444 e. The Morgan fingerprint density at radius 1 is 1.44 bits per heavy atom. The van der Waals surface area contributed by atoms with Crippen molar-refractivity contribution in [2.45, 2.75) is 45.3 Å². The highest BCUT2D eigenvalue weighted by molar-refractivity contribution is 5.68. The van der Waals surface area contributed by atoms with E-state index in [9.17, 15) is 9.90 Å². The minimum absolute atomic E-state index is 0.213. The van der Waals surface area contributed by atoms with Gasteiger partial charge in [0.25, 0.3) is 0 Å². The minimum atomic E-state index is -0.438. The Labute approximate surface area is 96.6 Å². The molecule has 2 fully saturated rings. The molecule has 92 valence electrons. The molecule has 1 N–H and O–H groups in total. The molecule has 0 aromatic rings. The predicted molar refractivity (Wildman–Crippen MR) is 60.0 cm³/mol. The number of aliphatic hydroxyl groups is 1. The molecule has 0 aromatic heterocycles. The lowest BCUT2D eigenvalue weighted by molar-refractivity contribution is -0.0794. The molecule has 0 radical (unpaired) electrons. The van der Waals surface area contributed by atoms with Gasteiger partial charge in [-0.05, 0) is 39.5 Å². The molecular formula is C12H21NO3. The van der Waals surface area contributed by atoms with Crippen molar-refractivity contribution >= 4 is 6.09 Å². The van der Waals surface area contributed by atoms with Crippen molar-refractivity contribution in [3.05, 3.63) is 0 Å². The van der Waals surface area contributed by atoms with Gasteiger partial charge in [-0.2, -0.15) is 0 Å². The van der Waals surface area contributed by atoms with Gasteiger partial charge in [0.05, 0.1) is 6.10 Å². The molecule has 1 amide bonds. The highest BCUT2D eigenvalue weighted by Gasteiger charge is 2.44. The Kier molecular flexibility index (Phi) is 2.86. The molecule has 1 aliphatic carbocycles. The van der Waals surface area contributed by atoms with E-state index in [1.54, 1.807) is 4.90 Å². The van der Waals surface area contributed by atoms with E-state index in [1.807, 2.05) is 20.8 Å². The predicted octanol–water partition coefficient (Wildman–Crippen LogP) is 1.62. The third-order valence-corrected chi connectivity index (χ3v) is 3.50. The smallest absolute Gasteiger partial charge is 0.410 e. The summed E-state index contributed by atoms with van der Waals surface area (Å²) in [7, 11) is 0. The average molecular weight is 227 g/mol. The van der Waals surface area contributed by atoms with Crippen molar-refractivity contribution in [2.24, 2.45) is 11.8 Å². The van der Waals surface area contributed by atoms with Crippen molar-refractivity contribution in [3.8, 4) is 0 Å². The number of likely N-dealkylation sites (tertiary alicyclic amines) is 1. The SMILES string of the molecule is CC(C)(C)OC(=O)N1CCC2CC(O)C2C1. The highest BCUT2D eigenvalue weighted by Crippen LogP contribution is 2.40. The summed E-state index contributed by atoms with van der Waals surface area (Å²) in [5, 5.41) is 9.60. The van der Waals surface area contributed by atoms with E-state index in [0.29, 0.717) is 12.5 Å². The summed E-state index contributed by atoms with van der Waals surface area (Å²) in [4.78, 5) is 13.5. The second-order valence-electron chi connectivity index (χ2n) is 5.94. The van der Waals surface area contributed by atoms with Gasteiger partial charge in [0, 0.05) is 19.0 Å². The summed E-state index contributed by atoms with van der Waals surface area (Å²) in [5.41, 5.74) is -0.438. The summed E-state index contributed by atoms with van der Waals surface area (Å²) in [5.74, 6) is 0.898. The van der Waals surface area contributed by atoms with Crippen LogP contribution in [0.15, 0.2) is 0 Å². The van der Waals surface area contributed by atoms with Crippen molar-refractivity contribution in [2.75, 3.05) is 13.1 Å². The average Bonchev–Trinajstić information content (AvgIpc) is 2.13. The van der Waals surface area contributed by atoms with Gasteiger partial charge < -0.3 is 14.7 Å². The second-order valence-corrected chi connectivity index (χ2v) is 5.94. The first-order chi connectivity index (χ1) is 7.37. The molecule has 1 heterocycles. The van der Waals surface area contributed by atoms with Gasteiger partial charge in [-0.25, -0.2) is 4.79 Å². The van der Waals surface area contributed by atoms with Gasteiger partial charge in [-0.1, -0.05) is 0 Å². The van der Waals surface area contributed by atoms with Gasteiger partial charge in [-0.15, -0.1) is 0 Å². The second kappa shape index (κ2) is 3.91. The number of piperidine rings is 1. The molecule has 2 aliphatic rings. The lowest BCUT2D eigenvalue weighted by Gasteiger charge is -2.48. The monoisotopic (exact) mass is 227 g/mol. The van der Waals surface area contributed by atoms with E-state index in [-0.39, 0.29) is 18.1 Å². The molecule has 0 spiro atoms. The van der Waals surface area contributed by atoms with Crippen molar-refractivity contribution in [1.82, 2.24) is 4.90 Å². The van der Waals surface area contributed by atoms with E-state index in [2.05, 4.69) is 0 Å². The molecule has 1 aliphatic heterocycles. The number of ether oxygens (including phenoxy) is 1. The molecule has 4 nitrogen and oxygen atoms in total. The van der Waals surface area contributed by atoms with Crippen LogP contribution in [0.5, 0.6) is 0 Å². The zero-order valence-corrected chi connectivity index (χ0v) is 10.3. The summed E-state index contributed by atoms with van der Waals surface area (Å²) in [6.07, 6.45) is 1.45. The standard InChI is InChI=1S/C12H21NO3/c1-12(2,3)16-11(15)13-5-4-8-6-10(14)9(8)7-13/h8-10,14H,4-7H2,1-3H3. The highest BCUT2D eigenvalue weighted by atomic mass is 16.6. The first-order valence-electron chi connectivity index (χ1n) is 6.03.